The third-order valence-corrected chi connectivity index (χ3v) is 6.07. The molecule has 2 aromatic heterocycles. The molecule has 0 aliphatic carbocycles. The molecule has 1 unspecified atom stereocenters. The first kappa shape index (κ1) is 27.5. The molecule has 33 heavy (non-hydrogen) atoms. The van der Waals surface area contributed by atoms with Crippen LogP contribution >= 0.6 is 19.4 Å². The first-order chi connectivity index (χ1) is 15.1. The van der Waals surface area contributed by atoms with E-state index in [1.165, 1.54) is 6.92 Å². The third kappa shape index (κ3) is 8.83. The second-order valence-electron chi connectivity index (χ2n) is 9.48. The van der Waals surface area contributed by atoms with E-state index < -0.39 is 30.9 Å². The highest BCUT2D eigenvalue weighted by molar-refractivity contribution is 7.48. The third-order valence-electron chi connectivity index (χ3n) is 3.89. The van der Waals surface area contributed by atoms with Gasteiger partial charge in [0.25, 0.3) is 0 Å². The van der Waals surface area contributed by atoms with Gasteiger partial charge in [0.15, 0.2) is 17.0 Å². The van der Waals surface area contributed by atoms with Crippen LogP contribution in [-0.2, 0) is 34.2 Å². The lowest BCUT2D eigenvalue weighted by molar-refractivity contribution is -0.142. The summed E-state index contributed by atoms with van der Waals surface area (Å²) in [5, 5.41) is 2.99. The zero-order valence-electron chi connectivity index (χ0n) is 20.3. The average molecular weight is 506 g/mol. The van der Waals surface area contributed by atoms with Crippen molar-refractivity contribution in [1.29, 1.82) is 0 Å². The van der Waals surface area contributed by atoms with Crippen molar-refractivity contribution in [3.63, 3.8) is 0 Å². The first-order valence-corrected chi connectivity index (χ1v) is 12.3. The maximum atomic E-state index is 13.4. The number of imidazole rings is 1. The molecule has 0 bridgehead atoms. The van der Waals surface area contributed by atoms with Crippen molar-refractivity contribution < 1.29 is 27.7 Å². The summed E-state index contributed by atoms with van der Waals surface area (Å²) in [5.74, 6) is -0.380. The molecule has 1 N–H and O–H groups in total. The van der Waals surface area contributed by atoms with Crippen molar-refractivity contribution in [2.24, 2.45) is 5.92 Å². The molecule has 0 spiro atoms. The first-order valence-electron chi connectivity index (χ1n) is 10.5. The number of phosphoric acid groups is 1. The van der Waals surface area contributed by atoms with Crippen LogP contribution in [0.15, 0.2) is 6.33 Å². The number of nitrogens with zero attached hydrogens (tertiary/aromatic N) is 4. The number of rotatable bonds is 10. The van der Waals surface area contributed by atoms with Crippen LogP contribution in [0.3, 0.4) is 0 Å². The van der Waals surface area contributed by atoms with Crippen molar-refractivity contribution in [2.45, 2.75) is 66.2 Å². The minimum Gasteiger partial charge on any atom is -0.465 e. The topological polar surface area (TPSA) is 127 Å². The Labute approximate surface area is 199 Å². The predicted molar refractivity (Wildman–Crippen MR) is 125 cm³/mol. The van der Waals surface area contributed by atoms with Crippen LogP contribution in [0, 0.1) is 5.92 Å². The summed E-state index contributed by atoms with van der Waals surface area (Å²) in [7, 11) is -2.24. The lowest BCUT2D eigenvalue weighted by atomic mass is 10.2. The minimum absolute atomic E-state index is 0.0116. The number of carbonyl (C=O) groups excluding carboxylic acids is 1. The minimum atomic E-state index is -3.94. The molecule has 1 atom stereocenters. The van der Waals surface area contributed by atoms with Crippen LogP contribution in [0.4, 0.5) is 5.82 Å². The zero-order chi connectivity index (χ0) is 25.0. The van der Waals surface area contributed by atoms with Gasteiger partial charge in [-0.05, 0) is 53.1 Å². The number of hydrogen-bond acceptors (Lipinski definition) is 10. The summed E-state index contributed by atoms with van der Waals surface area (Å²) in [5.41, 5.74) is -0.521. The molecule has 2 rings (SSSR count). The normalized spacial score (nSPS) is 13.8. The molecule has 0 aliphatic heterocycles. The number of ether oxygens (including phenoxy) is 1. The van der Waals surface area contributed by atoms with Crippen molar-refractivity contribution in [3.8, 4) is 0 Å². The van der Waals surface area contributed by atoms with Crippen LogP contribution in [0.1, 0.15) is 48.5 Å². The molecular weight excluding hydrogens is 473 g/mol. The molecule has 11 nitrogen and oxygen atoms in total. The van der Waals surface area contributed by atoms with Gasteiger partial charge < -0.3 is 14.6 Å². The summed E-state index contributed by atoms with van der Waals surface area (Å²) in [6.07, 6.45) is 1.58. The summed E-state index contributed by atoms with van der Waals surface area (Å²) in [6.45, 7) is 12.1. The van der Waals surface area contributed by atoms with E-state index >= 15 is 0 Å². The van der Waals surface area contributed by atoms with E-state index in [0.29, 0.717) is 17.0 Å². The highest BCUT2D eigenvalue weighted by Gasteiger charge is 2.38. The molecule has 186 valence electrons. The van der Waals surface area contributed by atoms with Crippen LogP contribution < -0.4 is 5.32 Å². The lowest BCUT2D eigenvalue weighted by Gasteiger charge is -2.31. The molecule has 0 saturated carbocycles. The van der Waals surface area contributed by atoms with Gasteiger partial charge in [0, 0.05) is 26.4 Å². The Kier molecular flexibility index (Phi) is 8.86. The Morgan fingerprint density at radius 1 is 1.15 bits per heavy atom. The molecule has 0 saturated heterocycles. The van der Waals surface area contributed by atoms with Gasteiger partial charge in [0.1, 0.15) is 0 Å². The van der Waals surface area contributed by atoms with Crippen molar-refractivity contribution in [1.82, 2.24) is 19.5 Å². The van der Waals surface area contributed by atoms with Crippen molar-refractivity contribution >= 4 is 42.4 Å². The Balaban J connectivity index is 2.29. The molecule has 13 heteroatoms. The van der Waals surface area contributed by atoms with Crippen LogP contribution in [0.5, 0.6) is 0 Å². The van der Waals surface area contributed by atoms with Gasteiger partial charge in [0.05, 0.1) is 30.7 Å². The molecule has 0 radical (unpaired) electrons. The summed E-state index contributed by atoms with van der Waals surface area (Å²) >= 11 is 6.05. The molecule has 2 aromatic rings. The average Bonchev–Trinajstić information content (AvgIpc) is 3.02. The Morgan fingerprint density at radius 2 is 1.76 bits per heavy atom. The molecule has 0 aliphatic rings. The van der Waals surface area contributed by atoms with Crippen molar-refractivity contribution in [2.75, 3.05) is 25.6 Å². The maximum absolute atomic E-state index is 13.4. The molecule has 2 heterocycles. The number of aromatic nitrogens is 4. The fraction of sp³-hybridized carbons (Fsp3) is 0.700. The van der Waals surface area contributed by atoms with Gasteiger partial charge in [-0.15, -0.1) is 0 Å². The van der Waals surface area contributed by atoms with Gasteiger partial charge in [-0.2, -0.15) is 9.97 Å². The van der Waals surface area contributed by atoms with E-state index in [2.05, 4.69) is 20.3 Å². The number of fused-ring (bicyclic) bond motifs is 1. The molecule has 0 aromatic carbocycles. The molecule has 0 amide bonds. The van der Waals surface area contributed by atoms with E-state index in [-0.39, 0.29) is 25.0 Å². The summed E-state index contributed by atoms with van der Waals surface area (Å²) in [6, 6.07) is 0. The maximum Gasteiger partial charge on any atom is 0.475 e. The molecule has 0 fully saturated rings. The smallest absolute Gasteiger partial charge is 0.465 e. The number of carbonyl (C=O) groups is 1. The quantitative estimate of drug-likeness (QED) is 0.281. The summed E-state index contributed by atoms with van der Waals surface area (Å²) < 4.78 is 37.4. The predicted octanol–water partition coefficient (Wildman–Crippen LogP) is 4.46. The zero-order valence-corrected chi connectivity index (χ0v) is 22.0. The van der Waals surface area contributed by atoms with Gasteiger partial charge in [-0.25, -0.2) is 9.55 Å². The van der Waals surface area contributed by atoms with Crippen molar-refractivity contribution in [3.05, 3.63) is 11.6 Å². The van der Waals surface area contributed by atoms with Crippen LogP contribution in [-0.4, -0.2) is 57.0 Å². The number of nitrogens with one attached hydrogen (secondary N) is 1. The van der Waals surface area contributed by atoms with Gasteiger partial charge in [0.2, 0.25) is 5.28 Å². The fourth-order valence-electron chi connectivity index (χ4n) is 2.83. The Morgan fingerprint density at radius 3 is 2.27 bits per heavy atom. The fourth-order valence-corrected chi connectivity index (χ4v) is 4.87. The second-order valence-corrected chi connectivity index (χ2v) is 11.3. The van der Waals surface area contributed by atoms with Gasteiger partial charge in [-0.3, -0.25) is 18.4 Å². The molecular formula is C20H33ClN5O6P. The number of halogens is 1. The van der Waals surface area contributed by atoms with E-state index in [1.807, 2.05) is 0 Å². The SMILES string of the molecule is CNc1nc(Cl)nc2c1ncn2CC(COC(C)=O)COP(=O)(OC(C)(C)C)OC(C)(C)C. The van der Waals surface area contributed by atoms with E-state index in [0.717, 1.165) is 0 Å². The van der Waals surface area contributed by atoms with Crippen LogP contribution in [0.2, 0.25) is 5.28 Å². The second kappa shape index (κ2) is 10.7. The van der Waals surface area contributed by atoms with Crippen LogP contribution in [0.25, 0.3) is 11.2 Å². The van der Waals surface area contributed by atoms with E-state index in [9.17, 15) is 9.36 Å². The lowest BCUT2D eigenvalue weighted by Crippen LogP contribution is -2.27. The highest BCUT2D eigenvalue weighted by atomic mass is 35.5. The number of anilines is 1. The number of phosphoric ester groups is 1. The number of esters is 1. The Hall–Kier alpha value is -1.78. The van der Waals surface area contributed by atoms with Gasteiger partial charge >= 0.3 is 13.8 Å². The standard InChI is InChI=1S/C20H33ClN5O6P/c1-13(27)29-10-14(11-30-33(28,31-19(2,3)4)32-20(5,6)7)9-26-12-23-15-16(22-8)24-18(21)25-17(15)26/h12,14H,9-11H2,1-8H3,(H,22,24,25). The number of hydrogen-bond donors (Lipinski definition) is 1. The van der Waals surface area contributed by atoms with Gasteiger partial charge in [-0.1, -0.05) is 0 Å². The van der Waals surface area contributed by atoms with E-state index in [4.69, 9.17) is 29.9 Å². The largest absolute Gasteiger partial charge is 0.475 e. The Bertz CT molecular complexity index is 997. The summed E-state index contributed by atoms with van der Waals surface area (Å²) in [4.78, 5) is 24.2. The highest BCUT2D eigenvalue weighted by Crippen LogP contribution is 2.55. The monoisotopic (exact) mass is 505 g/mol. The van der Waals surface area contributed by atoms with E-state index in [1.54, 1.807) is 59.5 Å².